The fraction of sp³-hybridized carbons (Fsp3) is 0.421. The van der Waals surface area contributed by atoms with Crippen LogP contribution in [0.5, 0.6) is 0 Å². The van der Waals surface area contributed by atoms with Crippen molar-refractivity contribution in [3.8, 4) is 0 Å². The van der Waals surface area contributed by atoms with E-state index < -0.39 is 29.7 Å². The van der Waals surface area contributed by atoms with Gasteiger partial charge in [-0.05, 0) is 37.5 Å². The van der Waals surface area contributed by atoms with Crippen molar-refractivity contribution in [3.63, 3.8) is 0 Å². The average Bonchev–Trinajstić information content (AvgIpc) is 3.19. The number of aldehydes is 1. The molecule has 3 aliphatic heterocycles. The Kier molecular flexibility index (Phi) is 4.05. The Morgan fingerprint density at radius 2 is 1.78 bits per heavy atom. The molecular weight excluding hydrogens is 350 g/mol. The number of amides is 4. The number of anilines is 1. The van der Waals surface area contributed by atoms with Gasteiger partial charge in [-0.25, -0.2) is 0 Å². The van der Waals surface area contributed by atoms with Crippen LogP contribution in [0.1, 0.15) is 45.5 Å². The topological polar surface area (TPSA) is 104 Å². The molecule has 3 aliphatic rings. The lowest BCUT2D eigenvalue weighted by molar-refractivity contribution is -0.136. The highest BCUT2D eigenvalue weighted by molar-refractivity contribution is 6.24. The zero-order chi connectivity index (χ0) is 19.3. The smallest absolute Gasteiger partial charge is 0.262 e. The zero-order valence-electron chi connectivity index (χ0n) is 14.9. The molecule has 0 aliphatic carbocycles. The first-order chi connectivity index (χ1) is 12.9. The van der Waals surface area contributed by atoms with Crippen LogP contribution in [0.4, 0.5) is 5.69 Å². The number of nitrogens with zero attached hydrogens (tertiary/aromatic N) is 2. The number of carbonyl (C=O) groups excluding carboxylic acids is 5. The fourth-order valence-corrected chi connectivity index (χ4v) is 4.07. The molecule has 1 unspecified atom stereocenters. The highest BCUT2D eigenvalue weighted by Crippen LogP contribution is 2.34. The highest BCUT2D eigenvalue weighted by Gasteiger charge is 2.45. The van der Waals surface area contributed by atoms with Crippen molar-refractivity contribution in [1.29, 1.82) is 0 Å². The van der Waals surface area contributed by atoms with Crippen LogP contribution in [-0.4, -0.2) is 53.9 Å². The zero-order valence-corrected chi connectivity index (χ0v) is 14.9. The summed E-state index contributed by atoms with van der Waals surface area (Å²) in [6.07, 6.45) is 1.93. The monoisotopic (exact) mass is 369 g/mol. The lowest BCUT2D eigenvalue weighted by Crippen LogP contribution is -2.54. The second-order valence-corrected chi connectivity index (χ2v) is 7.26. The first-order valence-corrected chi connectivity index (χ1v) is 8.97. The summed E-state index contributed by atoms with van der Waals surface area (Å²) in [5, 5.41) is 2.19. The lowest BCUT2D eigenvalue weighted by atomic mass is 10.0. The quantitative estimate of drug-likeness (QED) is 0.612. The summed E-state index contributed by atoms with van der Waals surface area (Å²) < 4.78 is 0. The molecule has 140 valence electrons. The number of benzene rings is 1. The molecule has 3 heterocycles. The molecular formula is C19H19N3O5. The number of piperidine rings is 1. The van der Waals surface area contributed by atoms with E-state index in [1.807, 2.05) is 11.8 Å². The van der Waals surface area contributed by atoms with Crippen LogP contribution in [-0.2, 0) is 14.4 Å². The van der Waals surface area contributed by atoms with E-state index in [9.17, 15) is 24.0 Å². The molecule has 0 aromatic heterocycles. The third-order valence-electron chi connectivity index (χ3n) is 5.51. The number of nitrogens with one attached hydrogen (secondary N) is 1. The van der Waals surface area contributed by atoms with Crippen molar-refractivity contribution in [2.24, 2.45) is 5.92 Å². The molecule has 2 atom stereocenters. The van der Waals surface area contributed by atoms with Gasteiger partial charge < -0.3 is 9.69 Å². The number of fused-ring (bicyclic) bond motifs is 1. The summed E-state index contributed by atoms with van der Waals surface area (Å²) in [6, 6.07) is 2.39. The van der Waals surface area contributed by atoms with Crippen LogP contribution in [0.15, 0.2) is 12.1 Å². The third-order valence-corrected chi connectivity index (χ3v) is 5.51. The van der Waals surface area contributed by atoms with Crippen molar-refractivity contribution in [3.05, 3.63) is 28.8 Å². The predicted molar refractivity (Wildman–Crippen MR) is 94.2 cm³/mol. The van der Waals surface area contributed by atoms with E-state index in [2.05, 4.69) is 5.32 Å². The van der Waals surface area contributed by atoms with E-state index >= 15 is 0 Å². The van der Waals surface area contributed by atoms with Gasteiger partial charge in [0.15, 0.2) is 0 Å². The number of carbonyl (C=O) groups is 5. The lowest BCUT2D eigenvalue weighted by Gasteiger charge is -2.27. The molecule has 4 rings (SSSR count). The largest absolute Gasteiger partial charge is 0.371 e. The SMILES string of the molecule is Cc1cc2c(cc1N1CC[C@@H](C=O)C1)C(=O)N(C1CCC(=O)NC1=O)C2=O. The Balaban J connectivity index is 1.66. The van der Waals surface area contributed by atoms with Gasteiger partial charge in [0.05, 0.1) is 11.1 Å². The summed E-state index contributed by atoms with van der Waals surface area (Å²) in [5.74, 6) is -2.07. The molecule has 8 heteroatoms. The Morgan fingerprint density at radius 1 is 1.07 bits per heavy atom. The van der Waals surface area contributed by atoms with E-state index in [-0.39, 0.29) is 29.9 Å². The van der Waals surface area contributed by atoms with Gasteiger partial charge in [0.2, 0.25) is 11.8 Å². The van der Waals surface area contributed by atoms with Crippen molar-refractivity contribution in [2.45, 2.75) is 32.2 Å². The molecule has 8 nitrogen and oxygen atoms in total. The minimum Gasteiger partial charge on any atom is -0.371 e. The molecule has 1 aromatic rings. The molecule has 1 aromatic carbocycles. The summed E-state index contributed by atoms with van der Waals surface area (Å²) in [6.45, 7) is 3.15. The normalized spacial score (nSPS) is 25.1. The van der Waals surface area contributed by atoms with Crippen molar-refractivity contribution >= 4 is 35.6 Å². The number of rotatable bonds is 3. The summed E-state index contributed by atoms with van der Waals surface area (Å²) >= 11 is 0. The number of imide groups is 2. The van der Waals surface area contributed by atoms with Crippen LogP contribution >= 0.6 is 0 Å². The minimum atomic E-state index is -0.968. The van der Waals surface area contributed by atoms with E-state index in [4.69, 9.17) is 0 Å². The van der Waals surface area contributed by atoms with Gasteiger partial charge in [0.25, 0.3) is 11.8 Å². The van der Waals surface area contributed by atoms with Gasteiger partial charge in [-0.2, -0.15) is 0 Å². The second kappa shape index (κ2) is 6.29. The molecule has 0 bridgehead atoms. The molecule has 0 radical (unpaired) electrons. The van der Waals surface area contributed by atoms with Gasteiger partial charge in [0.1, 0.15) is 12.3 Å². The number of hydrogen-bond acceptors (Lipinski definition) is 6. The molecule has 2 saturated heterocycles. The van der Waals surface area contributed by atoms with Gasteiger partial charge >= 0.3 is 0 Å². The maximum atomic E-state index is 12.9. The van der Waals surface area contributed by atoms with Gasteiger partial charge in [-0.15, -0.1) is 0 Å². The second-order valence-electron chi connectivity index (χ2n) is 7.26. The number of hydrogen-bond donors (Lipinski definition) is 1. The van der Waals surface area contributed by atoms with Crippen molar-refractivity contribution in [1.82, 2.24) is 10.2 Å². The Labute approximate surface area is 155 Å². The van der Waals surface area contributed by atoms with Crippen molar-refractivity contribution in [2.75, 3.05) is 18.0 Å². The first kappa shape index (κ1) is 17.4. The Hall–Kier alpha value is -3.03. The van der Waals surface area contributed by atoms with Gasteiger partial charge in [-0.3, -0.25) is 29.4 Å². The summed E-state index contributed by atoms with van der Waals surface area (Å²) in [4.78, 5) is 63.2. The maximum absolute atomic E-state index is 12.9. The molecule has 4 amide bonds. The van der Waals surface area contributed by atoms with E-state index in [0.29, 0.717) is 13.1 Å². The molecule has 2 fully saturated rings. The van der Waals surface area contributed by atoms with Crippen LogP contribution < -0.4 is 10.2 Å². The third kappa shape index (κ3) is 2.72. The van der Waals surface area contributed by atoms with E-state index in [1.54, 1.807) is 12.1 Å². The van der Waals surface area contributed by atoms with Crippen LogP contribution in [0, 0.1) is 12.8 Å². The minimum absolute atomic E-state index is 0.0324. The molecule has 27 heavy (non-hydrogen) atoms. The predicted octanol–water partition coefficient (Wildman–Crippen LogP) is 0.421. The average molecular weight is 369 g/mol. The van der Waals surface area contributed by atoms with Crippen LogP contribution in [0.25, 0.3) is 0 Å². The summed E-state index contributed by atoms with van der Waals surface area (Å²) in [5.41, 5.74) is 2.20. The van der Waals surface area contributed by atoms with Gasteiger partial charge in [-0.1, -0.05) is 0 Å². The molecule has 0 spiro atoms. The number of aryl methyl sites for hydroxylation is 1. The maximum Gasteiger partial charge on any atom is 0.262 e. The van der Waals surface area contributed by atoms with Crippen molar-refractivity contribution < 1.29 is 24.0 Å². The van der Waals surface area contributed by atoms with Gasteiger partial charge in [0, 0.05) is 31.1 Å². The fourth-order valence-electron chi connectivity index (χ4n) is 4.07. The Morgan fingerprint density at radius 3 is 2.41 bits per heavy atom. The highest BCUT2D eigenvalue weighted by atomic mass is 16.2. The Bertz CT molecular complexity index is 894. The first-order valence-electron chi connectivity index (χ1n) is 8.97. The van der Waals surface area contributed by atoms with E-state index in [1.165, 1.54) is 0 Å². The van der Waals surface area contributed by atoms with Crippen LogP contribution in [0.3, 0.4) is 0 Å². The standard InChI is InChI=1S/C19H19N3O5/c1-10-6-12-13(7-15(10)21-5-4-11(8-21)9-23)19(27)22(18(12)26)14-2-3-16(24)20-17(14)25/h6-7,9,11,14H,2-5,8H2,1H3,(H,20,24,25)/t11-,14?/m1/s1. The summed E-state index contributed by atoms with van der Waals surface area (Å²) in [7, 11) is 0. The van der Waals surface area contributed by atoms with E-state index in [0.717, 1.165) is 28.9 Å². The van der Waals surface area contributed by atoms with Crippen LogP contribution in [0.2, 0.25) is 0 Å². The molecule has 0 saturated carbocycles. The molecule has 1 N–H and O–H groups in total.